The van der Waals surface area contributed by atoms with Gasteiger partial charge in [-0.05, 0) is 31.5 Å². The van der Waals surface area contributed by atoms with Gasteiger partial charge in [-0.15, -0.1) is 0 Å². The first-order chi connectivity index (χ1) is 7.54. The van der Waals surface area contributed by atoms with Crippen LogP contribution < -0.4 is 5.32 Å². The van der Waals surface area contributed by atoms with Crippen LogP contribution in [0.25, 0.3) is 0 Å². The van der Waals surface area contributed by atoms with Gasteiger partial charge in [-0.25, -0.2) is 4.79 Å². The van der Waals surface area contributed by atoms with Gasteiger partial charge in [-0.3, -0.25) is 4.79 Å². The summed E-state index contributed by atoms with van der Waals surface area (Å²) >= 11 is 5.89. The highest BCUT2D eigenvalue weighted by molar-refractivity contribution is 6.39. The number of aryl methyl sites for hydroxylation is 1. The smallest absolute Gasteiger partial charge is 0.397 e. The zero-order chi connectivity index (χ0) is 12.1. The lowest BCUT2D eigenvalue weighted by Gasteiger charge is -2.06. The highest BCUT2D eigenvalue weighted by Crippen LogP contribution is 2.22. The molecular weight excluding hydrogens is 230 g/mol. The summed E-state index contributed by atoms with van der Waals surface area (Å²) in [4.78, 5) is 22.3. The Hall–Kier alpha value is -1.55. The molecule has 0 bridgehead atoms. The van der Waals surface area contributed by atoms with Crippen LogP contribution in [0.1, 0.15) is 12.5 Å². The number of carbonyl (C=O) groups excluding carboxylic acids is 2. The summed E-state index contributed by atoms with van der Waals surface area (Å²) in [6, 6.07) is 5.11. The summed E-state index contributed by atoms with van der Waals surface area (Å²) in [6.07, 6.45) is 0. The summed E-state index contributed by atoms with van der Waals surface area (Å²) in [5, 5.41) is 2.76. The van der Waals surface area contributed by atoms with Gasteiger partial charge in [0, 0.05) is 0 Å². The number of benzene rings is 1. The van der Waals surface area contributed by atoms with Crippen LogP contribution in [0.15, 0.2) is 18.2 Å². The Balaban J connectivity index is 2.73. The van der Waals surface area contributed by atoms with Crippen LogP contribution >= 0.6 is 11.6 Å². The predicted octanol–water partition coefficient (Wildman–Crippen LogP) is 2.15. The second kappa shape index (κ2) is 5.51. The lowest BCUT2D eigenvalue weighted by atomic mass is 10.2. The Labute approximate surface area is 98.5 Å². The second-order valence-corrected chi connectivity index (χ2v) is 3.57. The molecule has 1 rings (SSSR count). The average Bonchev–Trinajstić information content (AvgIpc) is 2.22. The van der Waals surface area contributed by atoms with Crippen LogP contribution in [0, 0.1) is 6.92 Å². The highest BCUT2D eigenvalue weighted by atomic mass is 35.5. The van der Waals surface area contributed by atoms with Gasteiger partial charge in [0.15, 0.2) is 0 Å². The van der Waals surface area contributed by atoms with Crippen molar-refractivity contribution in [3.05, 3.63) is 28.8 Å². The molecule has 0 aromatic heterocycles. The van der Waals surface area contributed by atoms with E-state index in [9.17, 15) is 9.59 Å². The van der Waals surface area contributed by atoms with E-state index in [1.807, 2.05) is 6.92 Å². The van der Waals surface area contributed by atoms with Crippen molar-refractivity contribution in [1.29, 1.82) is 0 Å². The van der Waals surface area contributed by atoms with E-state index in [2.05, 4.69) is 10.1 Å². The average molecular weight is 242 g/mol. The summed E-state index contributed by atoms with van der Waals surface area (Å²) in [6.45, 7) is 3.67. The molecule has 0 atom stereocenters. The van der Waals surface area contributed by atoms with Crippen LogP contribution in [0.5, 0.6) is 0 Å². The van der Waals surface area contributed by atoms with Crippen molar-refractivity contribution < 1.29 is 14.3 Å². The second-order valence-electron chi connectivity index (χ2n) is 3.16. The molecule has 0 aliphatic heterocycles. The predicted molar refractivity (Wildman–Crippen MR) is 61.5 cm³/mol. The fraction of sp³-hybridized carbons (Fsp3) is 0.273. The third-order valence-electron chi connectivity index (χ3n) is 1.83. The molecule has 1 aromatic carbocycles. The Morgan fingerprint density at radius 1 is 1.44 bits per heavy atom. The highest BCUT2D eigenvalue weighted by Gasteiger charge is 2.15. The van der Waals surface area contributed by atoms with E-state index in [1.165, 1.54) is 0 Å². The minimum Gasteiger partial charge on any atom is -0.459 e. The number of ether oxygens (including phenoxy) is 1. The van der Waals surface area contributed by atoms with Crippen molar-refractivity contribution in [3.8, 4) is 0 Å². The Kier molecular flexibility index (Phi) is 4.31. The lowest BCUT2D eigenvalue weighted by Crippen LogP contribution is -2.25. The van der Waals surface area contributed by atoms with Crippen molar-refractivity contribution in [2.24, 2.45) is 0 Å². The monoisotopic (exact) mass is 241 g/mol. The lowest BCUT2D eigenvalue weighted by molar-refractivity contribution is -0.152. The number of amides is 1. The molecule has 0 fully saturated rings. The first-order valence-corrected chi connectivity index (χ1v) is 5.16. The molecule has 5 heteroatoms. The number of rotatable bonds is 2. The van der Waals surface area contributed by atoms with Crippen LogP contribution in [-0.4, -0.2) is 18.5 Å². The van der Waals surface area contributed by atoms with E-state index in [0.29, 0.717) is 10.7 Å². The van der Waals surface area contributed by atoms with Crippen LogP contribution in [0.3, 0.4) is 0 Å². The normalized spacial score (nSPS) is 9.69. The van der Waals surface area contributed by atoms with Crippen LogP contribution in [0.2, 0.25) is 5.02 Å². The molecule has 0 heterocycles. The molecule has 1 aromatic rings. The molecule has 1 N–H and O–H groups in total. The van der Waals surface area contributed by atoms with Gasteiger partial charge in [0.05, 0.1) is 17.3 Å². The SMILES string of the molecule is CCOC(=O)C(=O)Nc1ccc(C)cc1Cl. The number of esters is 1. The Bertz CT molecular complexity index is 418. The van der Waals surface area contributed by atoms with E-state index in [1.54, 1.807) is 25.1 Å². The quantitative estimate of drug-likeness (QED) is 0.638. The van der Waals surface area contributed by atoms with Gasteiger partial charge in [-0.2, -0.15) is 0 Å². The van der Waals surface area contributed by atoms with Gasteiger partial charge < -0.3 is 10.1 Å². The molecule has 4 nitrogen and oxygen atoms in total. The number of hydrogen-bond donors (Lipinski definition) is 1. The minimum absolute atomic E-state index is 0.161. The van der Waals surface area contributed by atoms with E-state index in [0.717, 1.165) is 5.56 Å². The van der Waals surface area contributed by atoms with Gasteiger partial charge >= 0.3 is 11.9 Å². The van der Waals surface area contributed by atoms with Crippen molar-refractivity contribution in [2.75, 3.05) is 11.9 Å². The van der Waals surface area contributed by atoms with Gasteiger partial charge in [-0.1, -0.05) is 17.7 Å². The van der Waals surface area contributed by atoms with Gasteiger partial charge in [0.1, 0.15) is 0 Å². The first-order valence-electron chi connectivity index (χ1n) is 4.79. The van der Waals surface area contributed by atoms with E-state index < -0.39 is 11.9 Å². The maximum absolute atomic E-state index is 11.3. The maximum atomic E-state index is 11.3. The molecule has 0 unspecified atom stereocenters. The van der Waals surface area contributed by atoms with E-state index in [4.69, 9.17) is 11.6 Å². The zero-order valence-electron chi connectivity index (χ0n) is 9.04. The van der Waals surface area contributed by atoms with Gasteiger partial charge in [0.2, 0.25) is 0 Å². The molecule has 0 spiro atoms. The number of anilines is 1. The molecular formula is C11H12ClNO3. The zero-order valence-corrected chi connectivity index (χ0v) is 9.80. The summed E-state index contributed by atoms with van der Waals surface area (Å²) < 4.78 is 4.55. The molecule has 0 saturated heterocycles. The summed E-state index contributed by atoms with van der Waals surface area (Å²) in [5.41, 5.74) is 1.37. The summed E-state index contributed by atoms with van der Waals surface area (Å²) in [5.74, 6) is -1.74. The third-order valence-corrected chi connectivity index (χ3v) is 2.15. The fourth-order valence-corrected chi connectivity index (χ4v) is 1.37. The van der Waals surface area contributed by atoms with Gasteiger partial charge in [0.25, 0.3) is 0 Å². The third kappa shape index (κ3) is 3.24. The van der Waals surface area contributed by atoms with E-state index >= 15 is 0 Å². The van der Waals surface area contributed by atoms with Crippen molar-refractivity contribution >= 4 is 29.2 Å². The Morgan fingerprint density at radius 2 is 2.12 bits per heavy atom. The molecule has 16 heavy (non-hydrogen) atoms. The molecule has 1 amide bonds. The fourth-order valence-electron chi connectivity index (χ4n) is 1.09. The standard InChI is InChI=1S/C11H12ClNO3/c1-3-16-11(15)10(14)13-9-5-4-7(2)6-8(9)12/h4-6H,3H2,1-2H3,(H,13,14). The molecule has 0 aliphatic rings. The van der Waals surface area contributed by atoms with Crippen molar-refractivity contribution in [2.45, 2.75) is 13.8 Å². The van der Waals surface area contributed by atoms with Crippen LogP contribution in [-0.2, 0) is 14.3 Å². The molecule has 0 radical (unpaired) electrons. The first kappa shape index (κ1) is 12.5. The molecule has 86 valence electrons. The van der Waals surface area contributed by atoms with Crippen molar-refractivity contribution in [3.63, 3.8) is 0 Å². The molecule has 0 saturated carbocycles. The Morgan fingerprint density at radius 3 is 2.69 bits per heavy atom. The number of halogens is 1. The van der Waals surface area contributed by atoms with E-state index in [-0.39, 0.29) is 6.61 Å². The topological polar surface area (TPSA) is 55.4 Å². The largest absolute Gasteiger partial charge is 0.459 e. The number of carbonyl (C=O) groups is 2. The number of hydrogen-bond acceptors (Lipinski definition) is 3. The summed E-state index contributed by atoms with van der Waals surface area (Å²) in [7, 11) is 0. The number of nitrogens with one attached hydrogen (secondary N) is 1. The van der Waals surface area contributed by atoms with Crippen molar-refractivity contribution in [1.82, 2.24) is 0 Å². The van der Waals surface area contributed by atoms with Crippen LogP contribution in [0.4, 0.5) is 5.69 Å². The molecule has 0 aliphatic carbocycles. The maximum Gasteiger partial charge on any atom is 0.397 e. The minimum atomic E-state index is -0.917.